The normalized spacial score (nSPS) is 12.7. The Morgan fingerprint density at radius 2 is 1.18 bits per heavy atom. The van der Waals surface area contributed by atoms with Crippen molar-refractivity contribution in [3.8, 4) is 0 Å². The van der Waals surface area contributed by atoms with Crippen LogP contribution >= 0.6 is 58.2 Å². The Morgan fingerprint density at radius 1 is 0.909 bits per heavy atom. The molecule has 0 N–H and O–H groups in total. The lowest BCUT2D eigenvalue weighted by Gasteiger charge is -2.21. The van der Waals surface area contributed by atoms with Crippen molar-refractivity contribution >= 4 is 58.2 Å². The number of hydrogen-bond donors (Lipinski definition) is 0. The Bertz CT molecular complexity index is 146. The van der Waals surface area contributed by atoms with Gasteiger partial charge in [0, 0.05) is 0 Å². The predicted molar refractivity (Wildman–Crippen MR) is 56.9 cm³/mol. The third-order valence-electron chi connectivity index (χ3n) is 0.747. The van der Waals surface area contributed by atoms with Gasteiger partial charge in [0.05, 0.1) is 0 Å². The van der Waals surface area contributed by atoms with Gasteiger partial charge in [-0.25, -0.2) is 0 Å². The molecule has 0 nitrogen and oxygen atoms in total. The van der Waals surface area contributed by atoms with Crippen LogP contribution in [0, 0.1) is 0 Å². The van der Waals surface area contributed by atoms with Gasteiger partial charge in [0.2, 0.25) is 0 Å². The van der Waals surface area contributed by atoms with Crippen LogP contribution in [-0.4, -0.2) is 7.33 Å². The van der Waals surface area contributed by atoms with E-state index in [-0.39, 0.29) is 0 Å². The van der Waals surface area contributed by atoms with E-state index in [0.29, 0.717) is 0 Å². The highest BCUT2D eigenvalue weighted by molar-refractivity contribution is 8.07. The minimum Gasteiger partial charge on any atom is -0.0992 e. The molecule has 0 aliphatic rings. The van der Waals surface area contributed by atoms with Crippen molar-refractivity contribution in [1.82, 2.24) is 0 Å². The molecule has 0 aliphatic heterocycles. The second-order valence-corrected chi connectivity index (χ2v) is 6.79. The third kappa shape index (κ3) is 5.26. The van der Waals surface area contributed by atoms with E-state index < -0.39 is 7.33 Å². The first-order chi connectivity index (χ1) is 4.83. The van der Waals surface area contributed by atoms with Crippen LogP contribution in [0.25, 0.3) is 0 Å². The van der Waals surface area contributed by atoms with Crippen LogP contribution in [0.1, 0.15) is 0 Å². The van der Waals surface area contributed by atoms with Crippen molar-refractivity contribution in [2.24, 2.45) is 0 Å². The molecule has 64 valence electrons. The summed E-state index contributed by atoms with van der Waals surface area (Å²) < 4.78 is -2.37. The molecule has 0 bridgehead atoms. The van der Waals surface area contributed by atoms with Crippen molar-refractivity contribution in [2.75, 3.05) is 0 Å². The first-order valence-electron chi connectivity index (χ1n) is 2.56. The average molecular weight is 252 g/mol. The van der Waals surface area contributed by atoms with Crippen molar-refractivity contribution in [1.29, 1.82) is 0 Å². The molecule has 0 saturated heterocycles. The molecule has 0 amide bonds. The number of thioether (sulfide) groups is 1. The van der Waals surface area contributed by atoms with Crippen LogP contribution in [0.15, 0.2) is 25.3 Å². The lowest BCUT2D eigenvalue weighted by Crippen LogP contribution is -2.12. The third-order valence-corrected chi connectivity index (χ3v) is 3.17. The zero-order valence-electron chi connectivity index (χ0n) is 5.49. The van der Waals surface area contributed by atoms with Gasteiger partial charge in [-0.3, -0.25) is 0 Å². The summed E-state index contributed by atoms with van der Waals surface area (Å²) in [7, 11) is 0. The Hall–Kier alpha value is 0.990. The number of halogens is 4. The zero-order valence-corrected chi connectivity index (χ0v) is 9.33. The summed E-state index contributed by atoms with van der Waals surface area (Å²) in [4.78, 5) is 0. The van der Waals surface area contributed by atoms with Crippen LogP contribution in [0.3, 0.4) is 0 Å². The van der Waals surface area contributed by atoms with E-state index in [4.69, 9.17) is 46.4 Å². The lowest BCUT2D eigenvalue weighted by atomic mass is 10.7. The van der Waals surface area contributed by atoms with Gasteiger partial charge in [-0.05, 0) is 12.2 Å². The van der Waals surface area contributed by atoms with E-state index in [9.17, 15) is 0 Å². The highest BCUT2D eigenvalue weighted by atomic mass is 35.5. The van der Waals surface area contributed by atoms with E-state index in [0.717, 1.165) is 11.8 Å². The van der Waals surface area contributed by atoms with Crippen molar-refractivity contribution < 1.29 is 0 Å². The monoisotopic (exact) mass is 250 g/mol. The average Bonchev–Trinajstić information content (AvgIpc) is 1.86. The van der Waals surface area contributed by atoms with E-state index in [1.807, 2.05) is 0 Å². The Labute approximate surface area is 90.5 Å². The van der Waals surface area contributed by atoms with E-state index in [1.54, 1.807) is 0 Å². The summed E-state index contributed by atoms with van der Waals surface area (Å²) in [6.45, 7) is 6.83. The van der Waals surface area contributed by atoms with Crippen LogP contribution < -0.4 is 0 Å². The fraction of sp³-hybridized carbons (Fsp3) is 0.333. The summed E-state index contributed by atoms with van der Waals surface area (Å²) in [6, 6.07) is 0. The Kier molecular flexibility index (Phi) is 4.68. The highest BCUT2D eigenvalue weighted by Gasteiger charge is 2.32. The van der Waals surface area contributed by atoms with E-state index in [1.165, 1.54) is 12.2 Å². The molecular weight excluding hydrogens is 246 g/mol. The molecule has 0 unspecified atom stereocenters. The van der Waals surface area contributed by atoms with Crippen molar-refractivity contribution in [3.05, 3.63) is 25.3 Å². The fourth-order valence-corrected chi connectivity index (χ4v) is 2.73. The van der Waals surface area contributed by atoms with Gasteiger partial charge in [0.1, 0.15) is 0 Å². The summed E-state index contributed by atoms with van der Waals surface area (Å²) in [5.74, 6) is 0. The minimum atomic E-state index is -1.18. The van der Waals surface area contributed by atoms with Crippen LogP contribution in [-0.2, 0) is 0 Å². The molecule has 0 aliphatic carbocycles. The SMILES string of the molecule is C=CC(Cl)(Cl)SC(Cl)(Cl)C=C. The molecule has 0 atom stereocenters. The molecule has 0 rings (SSSR count). The quantitative estimate of drug-likeness (QED) is 0.529. The molecule has 11 heavy (non-hydrogen) atoms. The zero-order chi connectivity index (χ0) is 9.12. The van der Waals surface area contributed by atoms with Gasteiger partial charge < -0.3 is 0 Å². The topological polar surface area (TPSA) is 0 Å². The maximum Gasteiger partial charge on any atom is 0.184 e. The predicted octanol–water partition coefficient (Wildman–Crippen LogP) is 4.35. The van der Waals surface area contributed by atoms with Crippen molar-refractivity contribution in [3.63, 3.8) is 0 Å². The first kappa shape index (κ1) is 12.0. The van der Waals surface area contributed by atoms with E-state index >= 15 is 0 Å². The standard InChI is InChI=1S/C6H6Cl4S/c1-3-5(7,8)11-6(9,10)4-2/h3-4H,1-2H2. The molecule has 0 aromatic heterocycles. The van der Waals surface area contributed by atoms with Gasteiger partial charge in [0.15, 0.2) is 7.33 Å². The van der Waals surface area contributed by atoms with Gasteiger partial charge in [0.25, 0.3) is 0 Å². The molecular formula is C6H6Cl4S. The summed E-state index contributed by atoms with van der Waals surface area (Å²) in [5, 5.41) is 0. The van der Waals surface area contributed by atoms with Crippen LogP contribution in [0.4, 0.5) is 0 Å². The van der Waals surface area contributed by atoms with Gasteiger partial charge in [-0.15, -0.1) is 0 Å². The van der Waals surface area contributed by atoms with Crippen molar-refractivity contribution in [2.45, 2.75) is 7.33 Å². The molecule has 0 fully saturated rings. The molecule has 0 saturated carbocycles. The highest BCUT2D eigenvalue weighted by Crippen LogP contribution is 2.48. The first-order valence-corrected chi connectivity index (χ1v) is 4.89. The van der Waals surface area contributed by atoms with E-state index in [2.05, 4.69) is 13.2 Å². The molecule has 5 heteroatoms. The van der Waals surface area contributed by atoms with Crippen LogP contribution in [0.5, 0.6) is 0 Å². The fourth-order valence-electron chi connectivity index (χ4n) is 0.265. The summed E-state index contributed by atoms with van der Waals surface area (Å²) in [5.41, 5.74) is 0. The molecule has 0 radical (unpaired) electrons. The van der Waals surface area contributed by atoms with Crippen LogP contribution in [0.2, 0.25) is 0 Å². The Morgan fingerprint density at radius 3 is 1.36 bits per heavy atom. The second kappa shape index (κ2) is 4.29. The maximum absolute atomic E-state index is 5.68. The molecule has 0 aromatic rings. The maximum atomic E-state index is 5.68. The molecule has 0 heterocycles. The molecule has 0 aromatic carbocycles. The summed E-state index contributed by atoms with van der Waals surface area (Å²) >= 11 is 23.6. The van der Waals surface area contributed by atoms with Gasteiger partial charge >= 0.3 is 0 Å². The Balaban J connectivity index is 4.23. The van der Waals surface area contributed by atoms with Gasteiger partial charge in [-0.1, -0.05) is 71.3 Å². The smallest absolute Gasteiger partial charge is 0.0992 e. The second-order valence-electron chi connectivity index (χ2n) is 1.63. The number of alkyl halides is 4. The lowest BCUT2D eigenvalue weighted by molar-refractivity contribution is 1.42. The van der Waals surface area contributed by atoms with Gasteiger partial charge in [-0.2, -0.15) is 0 Å². The number of hydrogen-bond acceptors (Lipinski definition) is 1. The molecule has 0 spiro atoms. The minimum absolute atomic E-state index is 0.930. The largest absolute Gasteiger partial charge is 0.184 e. The number of rotatable bonds is 4. The summed E-state index contributed by atoms with van der Waals surface area (Å²) in [6.07, 6.45) is 2.67.